The molecule has 44 heavy (non-hydrogen) atoms. The Morgan fingerprint density at radius 3 is 2.36 bits per heavy atom. The van der Waals surface area contributed by atoms with Crippen molar-refractivity contribution in [2.24, 2.45) is 0 Å². The fraction of sp³-hybridized carbons (Fsp3) is 0.229. The Balaban J connectivity index is 0.000000158. The molecule has 0 fully saturated rings. The van der Waals surface area contributed by atoms with Crippen LogP contribution in [-0.2, 0) is 19.6 Å². The minimum Gasteiger partial charge on any atom is -0.508 e. The average molecular weight is 597 g/mol. The number of ether oxygens (including phenoxy) is 3. The number of hydrogen-bond donors (Lipinski definition) is 4. The maximum absolute atomic E-state index is 13.0. The van der Waals surface area contributed by atoms with Gasteiger partial charge < -0.3 is 39.1 Å². The number of phenolic OH excluding ortho intramolecular Hbond substituents is 2. The van der Waals surface area contributed by atoms with E-state index in [2.05, 4.69) is 0 Å². The van der Waals surface area contributed by atoms with Gasteiger partial charge in [0.15, 0.2) is 5.78 Å². The minimum atomic E-state index is -0.400. The van der Waals surface area contributed by atoms with E-state index in [0.29, 0.717) is 60.0 Å². The second-order valence-electron chi connectivity index (χ2n) is 10.6. The number of methoxy groups -OCH3 is 1. The number of carbonyl (C=O) groups excluding carboxylic acids is 1. The normalized spacial score (nSPS) is 15.3. The van der Waals surface area contributed by atoms with E-state index in [-0.39, 0.29) is 30.5 Å². The standard InChI is InChI=1S/C19H20O5.C16H12O4/c1-23-14-4-3-13(11-21)17(9-14)15-6-7-24-18-8-12(10-20)2-5-16(18)19(15)22;17-9-2-4-14-13(7-9)11-5-6-19-15-8-10(18)1-3-12(15)16(11)20-14/h2-5,8-9,15,20-21H,6-7,10-11H2,1H3;1-4,7-8,17-18H,5-6H2. The summed E-state index contributed by atoms with van der Waals surface area (Å²) >= 11 is 0. The highest BCUT2D eigenvalue weighted by molar-refractivity contribution is 6.03. The summed E-state index contributed by atoms with van der Waals surface area (Å²) in [6, 6.07) is 20.6. The fourth-order valence-corrected chi connectivity index (χ4v) is 5.74. The molecule has 5 aromatic rings. The van der Waals surface area contributed by atoms with Gasteiger partial charge in [-0.2, -0.15) is 0 Å². The van der Waals surface area contributed by atoms with Crippen LogP contribution in [0, 0.1) is 0 Å². The van der Waals surface area contributed by atoms with Crippen molar-refractivity contribution >= 4 is 16.8 Å². The van der Waals surface area contributed by atoms with Crippen molar-refractivity contribution in [3.05, 3.63) is 101 Å². The first-order valence-electron chi connectivity index (χ1n) is 14.3. The van der Waals surface area contributed by atoms with Gasteiger partial charge in [0.1, 0.15) is 40.1 Å². The summed E-state index contributed by atoms with van der Waals surface area (Å²) in [7, 11) is 1.57. The van der Waals surface area contributed by atoms with E-state index in [1.54, 1.807) is 79.9 Å². The van der Waals surface area contributed by atoms with Gasteiger partial charge in [0.25, 0.3) is 0 Å². The van der Waals surface area contributed by atoms with Gasteiger partial charge in [0.05, 0.1) is 50.6 Å². The number of ketones is 1. The average Bonchev–Trinajstić information content (AvgIpc) is 3.18. The molecule has 7 rings (SSSR count). The van der Waals surface area contributed by atoms with Crippen LogP contribution < -0.4 is 14.2 Å². The molecule has 0 amide bonds. The van der Waals surface area contributed by atoms with Crippen LogP contribution in [-0.4, -0.2) is 46.5 Å². The Kier molecular flexibility index (Phi) is 8.15. The number of carbonyl (C=O) groups is 1. The van der Waals surface area contributed by atoms with Crippen LogP contribution in [0.3, 0.4) is 0 Å². The van der Waals surface area contributed by atoms with Gasteiger partial charge in [-0.1, -0.05) is 12.1 Å². The molecule has 1 aromatic heterocycles. The largest absolute Gasteiger partial charge is 0.508 e. The number of aromatic hydroxyl groups is 2. The molecule has 2 aliphatic heterocycles. The summed E-state index contributed by atoms with van der Waals surface area (Å²) in [5, 5.41) is 39.0. The predicted octanol–water partition coefficient (Wildman–Crippen LogP) is 5.87. The molecule has 2 aliphatic rings. The summed E-state index contributed by atoms with van der Waals surface area (Å²) < 4.78 is 22.6. The lowest BCUT2D eigenvalue weighted by molar-refractivity contribution is 0.0957. The molecule has 4 aromatic carbocycles. The Bertz CT molecular complexity index is 1840. The molecule has 226 valence electrons. The number of phenols is 2. The summed E-state index contributed by atoms with van der Waals surface area (Å²) in [5.74, 6) is 2.46. The molecule has 1 unspecified atom stereocenters. The van der Waals surface area contributed by atoms with Gasteiger partial charge >= 0.3 is 0 Å². The summed E-state index contributed by atoms with van der Waals surface area (Å²) in [6.07, 6.45) is 1.21. The van der Waals surface area contributed by atoms with Crippen molar-refractivity contribution in [3.63, 3.8) is 0 Å². The highest BCUT2D eigenvalue weighted by Gasteiger charge is 2.30. The third-order valence-electron chi connectivity index (χ3n) is 7.97. The number of benzene rings is 4. The third kappa shape index (κ3) is 5.55. The van der Waals surface area contributed by atoms with Gasteiger partial charge in [-0.15, -0.1) is 0 Å². The first-order valence-corrected chi connectivity index (χ1v) is 14.3. The van der Waals surface area contributed by atoms with Crippen molar-refractivity contribution in [1.29, 1.82) is 0 Å². The number of rotatable bonds is 4. The maximum Gasteiger partial charge on any atom is 0.174 e. The van der Waals surface area contributed by atoms with E-state index in [0.717, 1.165) is 33.4 Å². The van der Waals surface area contributed by atoms with E-state index in [9.17, 15) is 25.2 Å². The molecular weight excluding hydrogens is 564 g/mol. The lowest BCUT2D eigenvalue weighted by Gasteiger charge is -2.17. The molecule has 0 aliphatic carbocycles. The van der Waals surface area contributed by atoms with Crippen molar-refractivity contribution in [3.8, 4) is 40.1 Å². The zero-order valence-electron chi connectivity index (χ0n) is 24.1. The zero-order chi connectivity index (χ0) is 30.8. The number of Topliss-reactive ketones (excluding diaryl/α,β-unsaturated/α-hetero) is 1. The molecule has 0 saturated carbocycles. The molecule has 0 saturated heterocycles. The number of furan rings is 1. The Labute approximate surface area is 253 Å². The molecule has 4 N–H and O–H groups in total. The minimum absolute atomic E-state index is 0.0463. The monoisotopic (exact) mass is 596 g/mol. The number of aliphatic hydroxyl groups is 2. The number of hydrogen-bond acceptors (Lipinski definition) is 9. The first kappa shape index (κ1) is 29.1. The van der Waals surface area contributed by atoms with Gasteiger partial charge in [0.2, 0.25) is 0 Å². The van der Waals surface area contributed by atoms with E-state index in [1.165, 1.54) is 0 Å². The van der Waals surface area contributed by atoms with Crippen molar-refractivity contribution in [2.75, 3.05) is 20.3 Å². The van der Waals surface area contributed by atoms with Gasteiger partial charge in [-0.05, 0) is 77.7 Å². The van der Waals surface area contributed by atoms with E-state index in [4.69, 9.17) is 18.6 Å². The summed E-state index contributed by atoms with van der Waals surface area (Å²) in [5.41, 5.74) is 5.29. The Morgan fingerprint density at radius 1 is 0.818 bits per heavy atom. The van der Waals surface area contributed by atoms with E-state index < -0.39 is 5.92 Å². The Morgan fingerprint density at radius 2 is 1.57 bits per heavy atom. The van der Waals surface area contributed by atoms with Crippen LogP contribution in [0.15, 0.2) is 77.2 Å². The molecule has 1 atom stereocenters. The maximum atomic E-state index is 13.0. The highest BCUT2D eigenvalue weighted by atomic mass is 16.5. The summed E-state index contributed by atoms with van der Waals surface area (Å²) in [6.45, 7) is 0.660. The third-order valence-corrected chi connectivity index (χ3v) is 7.97. The molecule has 9 nitrogen and oxygen atoms in total. The number of fused-ring (bicyclic) bond motifs is 6. The quantitative estimate of drug-likeness (QED) is 0.200. The van der Waals surface area contributed by atoms with Crippen LogP contribution in [0.1, 0.15) is 45.0 Å². The molecule has 9 heteroatoms. The van der Waals surface area contributed by atoms with E-state index >= 15 is 0 Å². The van der Waals surface area contributed by atoms with Crippen LogP contribution >= 0.6 is 0 Å². The number of aliphatic hydroxyl groups excluding tert-OH is 2. The van der Waals surface area contributed by atoms with Crippen LogP contribution in [0.4, 0.5) is 0 Å². The topological polar surface area (TPSA) is 139 Å². The van der Waals surface area contributed by atoms with E-state index in [1.807, 2.05) is 0 Å². The highest BCUT2D eigenvalue weighted by Crippen LogP contribution is 2.42. The fourth-order valence-electron chi connectivity index (χ4n) is 5.74. The van der Waals surface area contributed by atoms with Crippen LogP contribution in [0.5, 0.6) is 28.7 Å². The Hall–Kier alpha value is -4.99. The van der Waals surface area contributed by atoms with Gasteiger partial charge in [0, 0.05) is 23.4 Å². The second kappa shape index (κ2) is 12.3. The van der Waals surface area contributed by atoms with Crippen molar-refractivity contribution < 1.29 is 43.8 Å². The van der Waals surface area contributed by atoms with Crippen molar-refractivity contribution in [2.45, 2.75) is 32.0 Å². The predicted molar refractivity (Wildman–Crippen MR) is 163 cm³/mol. The van der Waals surface area contributed by atoms with Crippen LogP contribution in [0.2, 0.25) is 0 Å². The van der Waals surface area contributed by atoms with Crippen molar-refractivity contribution in [1.82, 2.24) is 0 Å². The second-order valence-corrected chi connectivity index (χ2v) is 10.6. The van der Waals surface area contributed by atoms with Crippen LogP contribution in [0.25, 0.3) is 22.3 Å². The smallest absolute Gasteiger partial charge is 0.174 e. The summed E-state index contributed by atoms with van der Waals surface area (Å²) in [4.78, 5) is 13.0. The molecule has 0 bridgehead atoms. The molecule has 3 heterocycles. The first-order chi connectivity index (χ1) is 21.4. The lowest BCUT2D eigenvalue weighted by Crippen LogP contribution is -2.15. The molecule has 0 spiro atoms. The van der Waals surface area contributed by atoms with Gasteiger partial charge in [-0.25, -0.2) is 0 Å². The lowest BCUT2D eigenvalue weighted by atomic mass is 9.85. The molecule has 0 radical (unpaired) electrons. The zero-order valence-corrected chi connectivity index (χ0v) is 24.1. The SMILES string of the molecule is COc1ccc(CO)c(C2CCOc3cc(CO)ccc3C2=O)c1.Oc1ccc2c(c1)OCCc1c-2oc2ccc(O)cc12. The molecular formula is C35H32O9. The van der Waals surface area contributed by atoms with Gasteiger partial charge in [-0.3, -0.25) is 4.79 Å².